The van der Waals surface area contributed by atoms with Gasteiger partial charge < -0.3 is 15.2 Å². The molecule has 0 fully saturated rings. The average molecular weight is 265 g/mol. The molecule has 0 radical (unpaired) electrons. The topological polar surface area (TPSA) is 41.5 Å². The summed E-state index contributed by atoms with van der Waals surface area (Å²) in [6, 6.07) is 8.39. The highest BCUT2D eigenvalue weighted by Crippen LogP contribution is 2.22. The van der Waals surface area contributed by atoms with Crippen molar-refractivity contribution in [1.29, 1.82) is 0 Å². The molecule has 0 aliphatic rings. The second-order valence-electron chi connectivity index (χ2n) is 5.05. The number of rotatable bonds is 8. The largest absolute Gasteiger partial charge is 0.497 e. The van der Waals surface area contributed by atoms with Crippen LogP contribution in [0, 0.1) is 0 Å². The van der Waals surface area contributed by atoms with Gasteiger partial charge in [0, 0.05) is 12.6 Å². The Bertz CT molecular complexity index is 358. The first-order valence-electron chi connectivity index (χ1n) is 7.18. The lowest BCUT2D eigenvalue weighted by Crippen LogP contribution is -2.40. The van der Waals surface area contributed by atoms with E-state index in [1.165, 1.54) is 5.56 Å². The van der Waals surface area contributed by atoms with Crippen molar-refractivity contribution in [1.82, 2.24) is 5.32 Å². The van der Waals surface area contributed by atoms with Gasteiger partial charge in [-0.25, -0.2) is 0 Å². The van der Waals surface area contributed by atoms with Crippen LogP contribution in [-0.4, -0.2) is 24.4 Å². The standard InChI is InChI=1S/C16H27NO2/c1-5-15(17-12-16(18,6-2)7-3)13-8-10-14(19-4)11-9-13/h8-11,15,17-18H,5-7,12H2,1-4H3. The van der Waals surface area contributed by atoms with Crippen LogP contribution in [0.2, 0.25) is 0 Å². The normalized spacial score (nSPS) is 13.3. The maximum atomic E-state index is 10.3. The minimum Gasteiger partial charge on any atom is -0.497 e. The molecule has 0 spiro atoms. The molecule has 3 nitrogen and oxygen atoms in total. The predicted molar refractivity (Wildman–Crippen MR) is 79.6 cm³/mol. The first-order chi connectivity index (χ1) is 9.08. The van der Waals surface area contributed by atoms with E-state index in [9.17, 15) is 5.11 Å². The summed E-state index contributed by atoms with van der Waals surface area (Å²) in [5.41, 5.74) is 0.637. The van der Waals surface area contributed by atoms with Gasteiger partial charge in [-0.1, -0.05) is 32.9 Å². The van der Waals surface area contributed by atoms with Crippen molar-refractivity contribution in [2.45, 2.75) is 51.7 Å². The zero-order valence-electron chi connectivity index (χ0n) is 12.6. The molecular formula is C16H27NO2. The number of nitrogens with one attached hydrogen (secondary N) is 1. The molecule has 0 bridgehead atoms. The summed E-state index contributed by atoms with van der Waals surface area (Å²) in [7, 11) is 1.67. The van der Waals surface area contributed by atoms with Crippen LogP contribution in [0.4, 0.5) is 0 Å². The summed E-state index contributed by atoms with van der Waals surface area (Å²) in [6.45, 7) is 6.84. The summed E-state index contributed by atoms with van der Waals surface area (Å²) < 4.78 is 5.17. The summed E-state index contributed by atoms with van der Waals surface area (Å²) >= 11 is 0. The Morgan fingerprint density at radius 3 is 2.16 bits per heavy atom. The van der Waals surface area contributed by atoms with Crippen molar-refractivity contribution in [3.63, 3.8) is 0 Å². The highest BCUT2D eigenvalue weighted by Gasteiger charge is 2.23. The maximum Gasteiger partial charge on any atom is 0.118 e. The van der Waals surface area contributed by atoms with Crippen molar-refractivity contribution in [2.24, 2.45) is 0 Å². The molecule has 0 aliphatic carbocycles. The van der Waals surface area contributed by atoms with Gasteiger partial charge in [0.15, 0.2) is 0 Å². The van der Waals surface area contributed by atoms with Crippen LogP contribution >= 0.6 is 0 Å². The third-order valence-electron chi connectivity index (χ3n) is 3.92. The van der Waals surface area contributed by atoms with E-state index in [-0.39, 0.29) is 6.04 Å². The molecule has 3 heteroatoms. The van der Waals surface area contributed by atoms with Crippen LogP contribution in [0.3, 0.4) is 0 Å². The fraction of sp³-hybridized carbons (Fsp3) is 0.625. The van der Waals surface area contributed by atoms with Crippen LogP contribution in [0.15, 0.2) is 24.3 Å². The van der Waals surface area contributed by atoms with Crippen molar-refractivity contribution >= 4 is 0 Å². The Hall–Kier alpha value is -1.06. The van der Waals surface area contributed by atoms with Gasteiger partial charge in [0.2, 0.25) is 0 Å². The fourth-order valence-electron chi connectivity index (χ4n) is 2.15. The van der Waals surface area contributed by atoms with E-state index < -0.39 is 5.60 Å². The van der Waals surface area contributed by atoms with E-state index in [4.69, 9.17) is 4.74 Å². The molecule has 0 saturated carbocycles. The molecule has 19 heavy (non-hydrogen) atoms. The predicted octanol–water partition coefficient (Wildman–Crippen LogP) is 3.29. The molecule has 1 aromatic carbocycles. The maximum absolute atomic E-state index is 10.3. The summed E-state index contributed by atoms with van der Waals surface area (Å²) in [4.78, 5) is 0. The zero-order chi connectivity index (χ0) is 14.3. The third kappa shape index (κ3) is 4.51. The molecule has 0 amide bonds. The van der Waals surface area contributed by atoms with E-state index in [0.717, 1.165) is 25.0 Å². The van der Waals surface area contributed by atoms with E-state index >= 15 is 0 Å². The second-order valence-corrected chi connectivity index (χ2v) is 5.05. The minimum atomic E-state index is -0.597. The molecule has 0 aromatic heterocycles. The number of aliphatic hydroxyl groups is 1. The van der Waals surface area contributed by atoms with E-state index in [1.54, 1.807) is 7.11 Å². The number of hydrogen-bond donors (Lipinski definition) is 2. The Morgan fingerprint density at radius 1 is 1.16 bits per heavy atom. The molecular weight excluding hydrogens is 238 g/mol. The van der Waals surface area contributed by atoms with Gasteiger partial charge in [-0.3, -0.25) is 0 Å². The van der Waals surface area contributed by atoms with E-state index in [1.807, 2.05) is 26.0 Å². The van der Waals surface area contributed by atoms with Crippen molar-refractivity contribution < 1.29 is 9.84 Å². The zero-order valence-corrected chi connectivity index (χ0v) is 12.6. The van der Waals surface area contributed by atoms with Crippen LogP contribution in [0.25, 0.3) is 0 Å². The molecule has 1 unspecified atom stereocenters. The van der Waals surface area contributed by atoms with E-state index in [2.05, 4.69) is 24.4 Å². The van der Waals surface area contributed by atoms with Crippen molar-refractivity contribution in [2.75, 3.05) is 13.7 Å². The van der Waals surface area contributed by atoms with Crippen LogP contribution in [0.5, 0.6) is 5.75 Å². The average Bonchev–Trinajstić information content (AvgIpc) is 2.48. The molecule has 0 saturated heterocycles. The Kier molecular flexibility index (Phi) is 6.32. The third-order valence-corrected chi connectivity index (χ3v) is 3.92. The lowest BCUT2D eigenvalue weighted by atomic mass is 9.96. The van der Waals surface area contributed by atoms with Gasteiger partial charge in [-0.05, 0) is 37.0 Å². The summed E-state index contributed by atoms with van der Waals surface area (Å²) in [5.74, 6) is 0.872. The Morgan fingerprint density at radius 2 is 1.74 bits per heavy atom. The molecule has 0 heterocycles. The van der Waals surface area contributed by atoms with Gasteiger partial charge in [0.05, 0.1) is 12.7 Å². The summed E-state index contributed by atoms with van der Waals surface area (Å²) in [6.07, 6.45) is 2.54. The monoisotopic (exact) mass is 265 g/mol. The number of ether oxygens (including phenoxy) is 1. The molecule has 0 aliphatic heterocycles. The minimum absolute atomic E-state index is 0.274. The van der Waals surface area contributed by atoms with Gasteiger partial charge in [-0.15, -0.1) is 0 Å². The fourth-order valence-corrected chi connectivity index (χ4v) is 2.15. The molecule has 1 rings (SSSR count). The van der Waals surface area contributed by atoms with Gasteiger partial charge in [-0.2, -0.15) is 0 Å². The van der Waals surface area contributed by atoms with Gasteiger partial charge >= 0.3 is 0 Å². The lowest BCUT2D eigenvalue weighted by molar-refractivity contribution is 0.0297. The lowest BCUT2D eigenvalue weighted by Gasteiger charge is -2.28. The van der Waals surface area contributed by atoms with Crippen molar-refractivity contribution in [3.8, 4) is 5.75 Å². The van der Waals surface area contributed by atoms with Crippen LogP contribution < -0.4 is 10.1 Å². The van der Waals surface area contributed by atoms with Crippen LogP contribution in [-0.2, 0) is 0 Å². The molecule has 1 atom stereocenters. The van der Waals surface area contributed by atoms with Gasteiger partial charge in [0.25, 0.3) is 0 Å². The highest BCUT2D eigenvalue weighted by atomic mass is 16.5. The number of methoxy groups -OCH3 is 1. The molecule has 108 valence electrons. The smallest absolute Gasteiger partial charge is 0.118 e. The first kappa shape index (κ1) is 16.0. The summed E-state index contributed by atoms with van der Waals surface area (Å²) in [5, 5.41) is 13.8. The quantitative estimate of drug-likeness (QED) is 0.758. The SMILES string of the molecule is CCC(NCC(O)(CC)CC)c1ccc(OC)cc1. The van der Waals surface area contributed by atoms with Crippen molar-refractivity contribution in [3.05, 3.63) is 29.8 Å². The molecule has 1 aromatic rings. The molecule has 2 N–H and O–H groups in total. The van der Waals surface area contributed by atoms with Gasteiger partial charge in [0.1, 0.15) is 5.75 Å². The Labute approximate surface area is 117 Å². The number of hydrogen-bond acceptors (Lipinski definition) is 3. The Balaban J connectivity index is 2.67. The number of benzene rings is 1. The van der Waals surface area contributed by atoms with Crippen LogP contribution in [0.1, 0.15) is 51.6 Å². The highest BCUT2D eigenvalue weighted by molar-refractivity contribution is 5.29. The first-order valence-corrected chi connectivity index (χ1v) is 7.18. The second kappa shape index (κ2) is 7.51. The van der Waals surface area contributed by atoms with E-state index in [0.29, 0.717) is 6.54 Å².